The summed E-state index contributed by atoms with van der Waals surface area (Å²) in [4.78, 5) is 6.62. The number of hydrogen-bond acceptors (Lipinski definition) is 6. The van der Waals surface area contributed by atoms with Gasteiger partial charge in [0.1, 0.15) is 6.07 Å². The molecular weight excluding hydrogens is 316 g/mol. The van der Waals surface area contributed by atoms with Gasteiger partial charge in [-0.2, -0.15) is 5.26 Å². The van der Waals surface area contributed by atoms with Crippen molar-refractivity contribution in [1.82, 2.24) is 9.88 Å². The zero-order valence-electron chi connectivity index (χ0n) is 14.7. The van der Waals surface area contributed by atoms with E-state index in [-0.39, 0.29) is 0 Å². The van der Waals surface area contributed by atoms with Gasteiger partial charge < -0.3 is 15.2 Å². The van der Waals surface area contributed by atoms with Crippen LogP contribution in [0.2, 0.25) is 0 Å². The van der Waals surface area contributed by atoms with Crippen LogP contribution in [0.5, 0.6) is 0 Å². The topological polar surface area (TPSA) is 81.4 Å². The molecule has 0 radical (unpaired) electrons. The number of nitriles is 1. The first-order valence-corrected chi connectivity index (χ1v) is 8.60. The largest absolute Gasteiger partial charge is 0.390 e. The number of β-amino-alcohol motifs (C(OH)–C–C–N with tert-alkyl or cyclic N) is 1. The van der Waals surface area contributed by atoms with Crippen molar-refractivity contribution in [2.45, 2.75) is 20.0 Å². The maximum Gasteiger partial charge on any atom is 0.103 e. The molecule has 1 aromatic carbocycles. The molecule has 0 amide bonds. The highest BCUT2D eigenvalue weighted by atomic mass is 16.5. The molecule has 1 aliphatic rings. The summed E-state index contributed by atoms with van der Waals surface area (Å²) in [6, 6.07) is 6.31. The Bertz CT molecular complexity index is 794. The molecule has 1 unspecified atom stereocenters. The highest BCUT2D eigenvalue weighted by Crippen LogP contribution is 2.28. The van der Waals surface area contributed by atoms with Crippen molar-refractivity contribution in [3.05, 3.63) is 35.0 Å². The third-order valence-corrected chi connectivity index (χ3v) is 4.51. The second-order valence-corrected chi connectivity index (χ2v) is 6.58. The molecule has 1 fully saturated rings. The summed E-state index contributed by atoms with van der Waals surface area (Å²) >= 11 is 0. The molecule has 25 heavy (non-hydrogen) atoms. The fourth-order valence-corrected chi connectivity index (χ4v) is 3.30. The van der Waals surface area contributed by atoms with Crippen LogP contribution >= 0.6 is 0 Å². The maximum atomic E-state index is 10.4. The number of nitrogens with one attached hydrogen (secondary N) is 1. The molecule has 2 aromatic rings. The molecular formula is C19H24N4O2. The van der Waals surface area contributed by atoms with E-state index in [1.807, 2.05) is 19.9 Å². The summed E-state index contributed by atoms with van der Waals surface area (Å²) in [5.41, 5.74) is 4.33. The Labute approximate surface area is 148 Å². The Balaban J connectivity index is 1.79. The smallest absolute Gasteiger partial charge is 0.103 e. The van der Waals surface area contributed by atoms with Crippen LogP contribution in [0, 0.1) is 25.2 Å². The van der Waals surface area contributed by atoms with Crippen LogP contribution in [-0.4, -0.2) is 60.5 Å². The number of hydrogen-bond donors (Lipinski definition) is 2. The van der Waals surface area contributed by atoms with Crippen LogP contribution < -0.4 is 5.32 Å². The Morgan fingerprint density at radius 2 is 2.12 bits per heavy atom. The summed E-state index contributed by atoms with van der Waals surface area (Å²) in [5, 5.41) is 24.0. The van der Waals surface area contributed by atoms with Crippen LogP contribution in [0.3, 0.4) is 0 Å². The van der Waals surface area contributed by atoms with Gasteiger partial charge in [0.15, 0.2) is 0 Å². The second-order valence-electron chi connectivity index (χ2n) is 6.58. The standard InChI is InChI=1S/C19H24N4O2/c1-13-7-14(2)18-17(8-13)19(15(9-20)10-21-18)22-11-16(24)12-23-3-5-25-6-4-23/h7-8,10,16,24H,3-6,11-12H2,1-2H3,(H,21,22). The molecule has 0 aliphatic carbocycles. The number of fused-ring (bicyclic) bond motifs is 1. The monoisotopic (exact) mass is 340 g/mol. The number of aliphatic hydroxyl groups is 1. The van der Waals surface area contributed by atoms with Gasteiger partial charge in [-0.05, 0) is 25.5 Å². The SMILES string of the molecule is Cc1cc(C)c2ncc(C#N)c(NCC(O)CN3CCOCC3)c2c1. The average Bonchev–Trinajstić information content (AvgIpc) is 2.60. The van der Waals surface area contributed by atoms with E-state index < -0.39 is 6.10 Å². The quantitative estimate of drug-likeness (QED) is 0.864. The Morgan fingerprint density at radius 1 is 1.36 bits per heavy atom. The minimum Gasteiger partial charge on any atom is -0.390 e. The first-order valence-electron chi connectivity index (χ1n) is 8.60. The van der Waals surface area contributed by atoms with Gasteiger partial charge >= 0.3 is 0 Å². The molecule has 2 N–H and O–H groups in total. The number of pyridine rings is 1. The lowest BCUT2D eigenvalue weighted by Gasteiger charge is -2.28. The molecule has 1 atom stereocenters. The summed E-state index contributed by atoms with van der Waals surface area (Å²) in [7, 11) is 0. The molecule has 1 aliphatic heterocycles. The Kier molecular flexibility index (Phi) is 5.49. The van der Waals surface area contributed by atoms with E-state index >= 15 is 0 Å². The summed E-state index contributed by atoms with van der Waals surface area (Å²) < 4.78 is 5.33. The van der Waals surface area contributed by atoms with Crippen LogP contribution in [0.4, 0.5) is 5.69 Å². The van der Waals surface area contributed by atoms with Crippen molar-refractivity contribution in [3.63, 3.8) is 0 Å². The van der Waals surface area contributed by atoms with Gasteiger partial charge in [0, 0.05) is 37.8 Å². The number of aryl methyl sites for hydroxylation is 2. The van der Waals surface area contributed by atoms with E-state index in [0.717, 1.165) is 40.8 Å². The molecule has 0 spiro atoms. The summed E-state index contributed by atoms with van der Waals surface area (Å²) in [6.45, 7) is 8.15. The molecule has 6 heteroatoms. The first kappa shape index (κ1) is 17.6. The van der Waals surface area contributed by atoms with Crippen LogP contribution in [0.1, 0.15) is 16.7 Å². The highest BCUT2D eigenvalue weighted by molar-refractivity contribution is 5.96. The lowest BCUT2D eigenvalue weighted by molar-refractivity contribution is 0.0171. The zero-order chi connectivity index (χ0) is 17.8. The highest BCUT2D eigenvalue weighted by Gasteiger charge is 2.16. The van der Waals surface area contributed by atoms with Crippen molar-refractivity contribution in [3.8, 4) is 6.07 Å². The van der Waals surface area contributed by atoms with Gasteiger partial charge in [-0.1, -0.05) is 11.6 Å². The van der Waals surface area contributed by atoms with Crippen molar-refractivity contribution in [2.24, 2.45) is 0 Å². The average molecular weight is 340 g/mol. The molecule has 0 bridgehead atoms. The van der Waals surface area contributed by atoms with E-state index in [9.17, 15) is 10.4 Å². The van der Waals surface area contributed by atoms with E-state index in [0.29, 0.717) is 31.9 Å². The molecule has 132 valence electrons. The third kappa shape index (κ3) is 4.07. The number of benzene rings is 1. The third-order valence-electron chi connectivity index (χ3n) is 4.51. The van der Waals surface area contributed by atoms with E-state index in [2.05, 4.69) is 27.3 Å². The summed E-state index contributed by atoms with van der Waals surface area (Å²) in [6.07, 6.45) is 1.08. The number of morpholine rings is 1. The van der Waals surface area contributed by atoms with E-state index in [4.69, 9.17) is 4.74 Å². The van der Waals surface area contributed by atoms with E-state index in [1.165, 1.54) is 0 Å². The van der Waals surface area contributed by atoms with Crippen LogP contribution in [0.25, 0.3) is 10.9 Å². The number of ether oxygens (including phenoxy) is 1. The second kappa shape index (κ2) is 7.79. The van der Waals surface area contributed by atoms with Gasteiger partial charge in [-0.25, -0.2) is 0 Å². The molecule has 3 rings (SSSR count). The van der Waals surface area contributed by atoms with E-state index in [1.54, 1.807) is 6.20 Å². The Hall–Kier alpha value is -2.20. The van der Waals surface area contributed by atoms with Gasteiger partial charge in [0.05, 0.1) is 36.1 Å². The van der Waals surface area contributed by atoms with Crippen LogP contribution in [0.15, 0.2) is 18.3 Å². The Morgan fingerprint density at radius 3 is 2.84 bits per heavy atom. The lowest BCUT2D eigenvalue weighted by atomic mass is 10.0. The number of rotatable bonds is 5. The van der Waals surface area contributed by atoms with Crippen LogP contribution in [-0.2, 0) is 4.74 Å². The molecule has 2 heterocycles. The van der Waals surface area contributed by atoms with Gasteiger partial charge in [-0.3, -0.25) is 9.88 Å². The number of aromatic nitrogens is 1. The van der Waals surface area contributed by atoms with Gasteiger partial charge in [0.2, 0.25) is 0 Å². The minimum atomic E-state index is -0.515. The zero-order valence-corrected chi connectivity index (χ0v) is 14.7. The maximum absolute atomic E-state index is 10.4. The van der Waals surface area contributed by atoms with Crippen molar-refractivity contribution in [2.75, 3.05) is 44.7 Å². The van der Waals surface area contributed by atoms with Crippen molar-refractivity contribution >= 4 is 16.6 Å². The fraction of sp³-hybridized carbons (Fsp3) is 0.474. The van der Waals surface area contributed by atoms with Gasteiger partial charge in [-0.15, -0.1) is 0 Å². The number of nitrogens with zero attached hydrogens (tertiary/aromatic N) is 3. The first-order chi connectivity index (χ1) is 12.1. The molecule has 1 saturated heterocycles. The summed E-state index contributed by atoms with van der Waals surface area (Å²) in [5.74, 6) is 0. The lowest BCUT2D eigenvalue weighted by Crippen LogP contribution is -2.42. The van der Waals surface area contributed by atoms with Gasteiger partial charge in [0.25, 0.3) is 0 Å². The molecule has 1 aromatic heterocycles. The normalized spacial score (nSPS) is 16.6. The minimum absolute atomic E-state index is 0.387. The van der Waals surface area contributed by atoms with Crippen molar-refractivity contribution < 1.29 is 9.84 Å². The number of aliphatic hydroxyl groups excluding tert-OH is 1. The number of anilines is 1. The molecule has 0 saturated carbocycles. The predicted molar refractivity (Wildman–Crippen MR) is 97.7 cm³/mol. The predicted octanol–water partition coefficient (Wildman–Crippen LogP) is 1.83. The van der Waals surface area contributed by atoms with Crippen molar-refractivity contribution in [1.29, 1.82) is 5.26 Å². The fourth-order valence-electron chi connectivity index (χ4n) is 3.30. The molecule has 6 nitrogen and oxygen atoms in total.